The van der Waals surface area contributed by atoms with Gasteiger partial charge in [0.05, 0.1) is 12.9 Å². The van der Waals surface area contributed by atoms with Crippen LogP contribution in [0, 0.1) is 0 Å². The molecule has 0 spiro atoms. The topological polar surface area (TPSA) is 94.3 Å². The van der Waals surface area contributed by atoms with Gasteiger partial charge in [-0.2, -0.15) is 4.98 Å². The van der Waals surface area contributed by atoms with Crippen molar-refractivity contribution in [2.75, 3.05) is 19.4 Å². The number of nitrogens with one attached hydrogen (secondary N) is 1. The molecule has 0 bridgehead atoms. The highest BCUT2D eigenvalue weighted by molar-refractivity contribution is 7.89. The van der Waals surface area contributed by atoms with Crippen LogP contribution in [0.4, 0.5) is 0 Å². The average molecular weight is 311 g/mol. The number of ether oxygens (including phenoxy) is 1. The molecule has 0 unspecified atom stereocenters. The minimum Gasteiger partial charge on any atom is -0.497 e. The first kappa shape index (κ1) is 15.5. The molecule has 0 aliphatic carbocycles. The van der Waals surface area contributed by atoms with E-state index in [1.165, 1.54) is 0 Å². The zero-order chi connectivity index (χ0) is 15.3. The maximum atomic E-state index is 11.3. The number of hydrogen-bond acceptors (Lipinski definition) is 6. The second-order valence-electron chi connectivity index (χ2n) is 4.29. The SMILES string of the molecule is CCS(=O)(=O)NCCc1nc(-c2cccc(OC)c2)no1. The van der Waals surface area contributed by atoms with Crippen LogP contribution in [0.3, 0.4) is 0 Å². The zero-order valence-electron chi connectivity index (χ0n) is 11.9. The Labute approximate surface area is 123 Å². The summed E-state index contributed by atoms with van der Waals surface area (Å²) in [6.45, 7) is 1.81. The van der Waals surface area contributed by atoms with Crippen molar-refractivity contribution in [2.45, 2.75) is 13.3 Å². The highest BCUT2D eigenvalue weighted by Gasteiger charge is 2.11. The molecular weight excluding hydrogens is 294 g/mol. The maximum Gasteiger partial charge on any atom is 0.228 e. The highest BCUT2D eigenvalue weighted by atomic mass is 32.2. The van der Waals surface area contributed by atoms with E-state index < -0.39 is 10.0 Å². The predicted molar refractivity (Wildman–Crippen MR) is 77.5 cm³/mol. The van der Waals surface area contributed by atoms with Crippen LogP contribution in [-0.4, -0.2) is 38.0 Å². The van der Waals surface area contributed by atoms with E-state index in [0.717, 1.165) is 5.56 Å². The summed E-state index contributed by atoms with van der Waals surface area (Å²) in [5, 5.41) is 3.88. The van der Waals surface area contributed by atoms with E-state index in [-0.39, 0.29) is 12.3 Å². The number of methoxy groups -OCH3 is 1. The summed E-state index contributed by atoms with van der Waals surface area (Å²) < 4.78 is 35.3. The molecule has 0 fully saturated rings. The molecule has 1 aromatic heterocycles. The maximum absolute atomic E-state index is 11.3. The average Bonchev–Trinajstić information content (AvgIpc) is 2.96. The Balaban J connectivity index is 2.01. The van der Waals surface area contributed by atoms with Gasteiger partial charge in [0.25, 0.3) is 0 Å². The first-order valence-corrected chi connectivity index (χ1v) is 8.13. The molecule has 21 heavy (non-hydrogen) atoms. The van der Waals surface area contributed by atoms with E-state index in [1.54, 1.807) is 20.1 Å². The Kier molecular flexibility index (Phi) is 4.92. The van der Waals surface area contributed by atoms with Crippen LogP contribution in [0.5, 0.6) is 5.75 Å². The molecule has 2 rings (SSSR count). The van der Waals surface area contributed by atoms with Crippen LogP contribution in [0.15, 0.2) is 28.8 Å². The number of nitrogens with zero attached hydrogens (tertiary/aromatic N) is 2. The molecule has 1 N–H and O–H groups in total. The molecule has 8 heteroatoms. The van der Waals surface area contributed by atoms with Gasteiger partial charge in [0.2, 0.25) is 21.7 Å². The van der Waals surface area contributed by atoms with Gasteiger partial charge in [-0.15, -0.1) is 0 Å². The summed E-state index contributed by atoms with van der Waals surface area (Å²) in [5.74, 6) is 1.58. The van der Waals surface area contributed by atoms with Crippen LogP contribution in [0.2, 0.25) is 0 Å². The van der Waals surface area contributed by atoms with Crippen molar-refractivity contribution in [3.05, 3.63) is 30.2 Å². The van der Waals surface area contributed by atoms with Crippen LogP contribution < -0.4 is 9.46 Å². The summed E-state index contributed by atoms with van der Waals surface area (Å²) in [7, 11) is -1.62. The summed E-state index contributed by atoms with van der Waals surface area (Å²) >= 11 is 0. The summed E-state index contributed by atoms with van der Waals surface area (Å²) in [6.07, 6.45) is 0.343. The Hall–Kier alpha value is -1.93. The monoisotopic (exact) mass is 311 g/mol. The largest absolute Gasteiger partial charge is 0.497 e. The van der Waals surface area contributed by atoms with Gasteiger partial charge in [0, 0.05) is 18.5 Å². The lowest BCUT2D eigenvalue weighted by molar-refractivity contribution is 0.379. The normalized spacial score (nSPS) is 11.5. The lowest BCUT2D eigenvalue weighted by Gasteiger charge is -2.01. The van der Waals surface area contributed by atoms with Crippen LogP contribution in [0.25, 0.3) is 11.4 Å². The predicted octanol–water partition coefficient (Wildman–Crippen LogP) is 1.23. The third kappa shape index (κ3) is 4.27. The molecule has 0 atom stereocenters. The fraction of sp³-hybridized carbons (Fsp3) is 0.385. The Bertz CT molecular complexity index is 697. The minimum absolute atomic E-state index is 0.0475. The number of hydrogen-bond donors (Lipinski definition) is 1. The molecule has 0 aliphatic rings. The molecule has 0 radical (unpaired) electrons. The molecule has 2 aromatic rings. The van der Waals surface area contributed by atoms with Crippen molar-refractivity contribution in [3.8, 4) is 17.1 Å². The second kappa shape index (κ2) is 6.68. The molecule has 0 saturated carbocycles. The number of rotatable bonds is 7. The lowest BCUT2D eigenvalue weighted by Crippen LogP contribution is -2.27. The second-order valence-corrected chi connectivity index (χ2v) is 6.39. The van der Waals surface area contributed by atoms with Gasteiger partial charge in [-0.05, 0) is 19.1 Å². The fourth-order valence-electron chi connectivity index (χ4n) is 1.65. The van der Waals surface area contributed by atoms with Gasteiger partial charge in [-0.1, -0.05) is 17.3 Å². The molecule has 0 amide bonds. The van der Waals surface area contributed by atoms with Crippen LogP contribution in [0.1, 0.15) is 12.8 Å². The minimum atomic E-state index is -3.20. The van der Waals surface area contributed by atoms with Crippen LogP contribution in [-0.2, 0) is 16.4 Å². The third-order valence-corrected chi connectivity index (χ3v) is 4.24. The highest BCUT2D eigenvalue weighted by Crippen LogP contribution is 2.21. The van der Waals surface area contributed by atoms with Crippen molar-refractivity contribution >= 4 is 10.0 Å². The Morgan fingerprint density at radius 1 is 1.38 bits per heavy atom. The summed E-state index contributed by atoms with van der Waals surface area (Å²) in [5.41, 5.74) is 0.776. The van der Waals surface area contributed by atoms with E-state index in [1.807, 2.05) is 18.2 Å². The first-order valence-electron chi connectivity index (χ1n) is 6.48. The molecular formula is C13H17N3O4S. The zero-order valence-corrected chi connectivity index (χ0v) is 12.7. The van der Waals surface area contributed by atoms with Gasteiger partial charge in [0.15, 0.2) is 0 Å². The number of benzene rings is 1. The van der Waals surface area contributed by atoms with Crippen molar-refractivity contribution in [2.24, 2.45) is 0 Å². The number of aromatic nitrogens is 2. The van der Waals surface area contributed by atoms with Gasteiger partial charge < -0.3 is 9.26 Å². The van der Waals surface area contributed by atoms with E-state index in [9.17, 15) is 8.42 Å². The summed E-state index contributed by atoms with van der Waals surface area (Å²) in [6, 6.07) is 7.30. The first-order chi connectivity index (χ1) is 10.0. The smallest absolute Gasteiger partial charge is 0.228 e. The Morgan fingerprint density at radius 3 is 2.90 bits per heavy atom. The molecule has 1 aromatic carbocycles. The molecule has 0 aliphatic heterocycles. The van der Waals surface area contributed by atoms with Gasteiger partial charge >= 0.3 is 0 Å². The third-order valence-electron chi connectivity index (χ3n) is 2.84. The molecule has 7 nitrogen and oxygen atoms in total. The van der Waals surface area contributed by atoms with Crippen molar-refractivity contribution < 1.29 is 17.7 Å². The summed E-state index contributed by atoms with van der Waals surface area (Å²) in [4.78, 5) is 4.23. The van der Waals surface area contributed by atoms with E-state index in [4.69, 9.17) is 9.26 Å². The van der Waals surface area contributed by atoms with E-state index in [2.05, 4.69) is 14.9 Å². The van der Waals surface area contributed by atoms with E-state index >= 15 is 0 Å². The fourth-order valence-corrected chi connectivity index (χ4v) is 2.27. The molecule has 1 heterocycles. The molecule has 114 valence electrons. The van der Waals surface area contributed by atoms with Crippen LogP contribution >= 0.6 is 0 Å². The molecule has 0 saturated heterocycles. The van der Waals surface area contributed by atoms with Crippen molar-refractivity contribution in [1.29, 1.82) is 0 Å². The van der Waals surface area contributed by atoms with Crippen molar-refractivity contribution in [1.82, 2.24) is 14.9 Å². The Morgan fingerprint density at radius 2 is 2.19 bits per heavy atom. The van der Waals surface area contributed by atoms with E-state index in [0.29, 0.717) is 23.9 Å². The standard InChI is InChI=1S/C13H17N3O4S/c1-3-21(17,18)14-8-7-12-15-13(16-20-12)10-5-4-6-11(9-10)19-2/h4-6,9,14H,3,7-8H2,1-2H3. The van der Waals surface area contributed by atoms with Crippen molar-refractivity contribution in [3.63, 3.8) is 0 Å². The number of sulfonamides is 1. The van der Waals surface area contributed by atoms with Gasteiger partial charge in [0.1, 0.15) is 5.75 Å². The quantitative estimate of drug-likeness (QED) is 0.826. The van der Waals surface area contributed by atoms with Gasteiger partial charge in [-0.3, -0.25) is 0 Å². The lowest BCUT2D eigenvalue weighted by atomic mass is 10.2. The van der Waals surface area contributed by atoms with Gasteiger partial charge in [-0.25, -0.2) is 13.1 Å².